The van der Waals surface area contributed by atoms with Gasteiger partial charge >= 0.3 is 0 Å². The molecule has 1 aromatic carbocycles. The van der Waals surface area contributed by atoms with E-state index in [2.05, 4.69) is 55.0 Å². The maximum atomic E-state index is 5.51. The van der Waals surface area contributed by atoms with Gasteiger partial charge in [0, 0.05) is 16.1 Å². The van der Waals surface area contributed by atoms with Gasteiger partial charge in [-0.2, -0.15) is 0 Å². The van der Waals surface area contributed by atoms with Crippen molar-refractivity contribution in [2.45, 2.75) is 46.6 Å². The normalized spacial score (nSPS) is 13.4. The SMILES string of the molecule is CCCNC(CC(C)(C)C)c1cc(Br)ccc1OC. The molecule has 1 N–H and O–H groups in total. The van der Waals surface area contributed by atoms with E-state index >= 15 is 0 Å². The molecule has 0 aliphatic carbocycles. The Hall–Kier alpha value is -0.540. The van der Waals surface area contributed by atoms with E-state index in [9.17, 15) is 0 Å². The van der Waals surface area contributed by atoms with Gasteiger partial charge in [-0.3, -0.25) is 0 Å². The molecule has 0 aromatic heterocycles. The van der Waals surface area contributed by atoms with Crippen LogP contribution >= 0.6 is 15.9 Å². The maximum absolute atomic E-state index is 5.51. The van der Waals surface area contributed by atoms with Crippen LogP contribution in [0.2, 0.25) is 0 Å². The average Bonchev–Trinajstić information content (AvgIpc) is 2.33. The lowest BCUT2D eigenvalue weighted by atomic mass is 9.85. The summed E-state index contributed by atoms with van der Waals surface area (Å²) in [5.41, 5.74) is 1.51. The van der Waals surface area contributed by atoms with Gasteiger partial charge in [-0.1, -0.05) is 43.6 Å². The fourth-order valence-electron chi connectivity index (χ4n) is 2.20. The molecule has 1 atom stereocenters. The molecule has 0 saturated carbocycles. The van der Waals surface area contributed by atoms with Gasteiger partial charge in [-0.15, -0.1) is 0 Å². The van der Waals surface area contributed by atoms with Crippen LogP contribution in [0, 0.1) is 5.41 Å². The summed E-state index contributed by atoms with van der Waals surface area (Å²) in [6.45, 7) is 10.0. The Kier molecular flexibility index (Phi) is 6.34. The van der Waals surface area contributed by atoms with Gasteiger partial charge in [-0.05, 0) is 43.0 Å². The first kappa shape index (κ1) is 16.5. The molecule has 108 valence electrons. The Labute approximate surface area is 126 Å². The molecule has 0 radical (unpaired) electrons. The first-order valence-corrected chi connectivity index (χ1v) is 7.73. The zero-order valence-electron chi connectivity index (χ0n) is 12.7. The minimum Gasteiger partial charge on any atom is -0.496 e. The lowest BCUT2D eigenvalue weighted by molar-refractivity contribution is 0.304. The van der Waals surface area contributed by atoms with Crippen LogP contribution in [0.25, 0.3) is 0 Å². The van der Waals surface area contributed by atoms with Gasteiger partial charge < -0.3 is 10.1 Å². The summed E-state index contributed by atoms with van der Waals surface area (Å²) in [5, 5.41) is 3.64. The lowest BCUT2D eigenvalue weighted by Crippen LogP contribution is -2.26. The number of ether oxygens (including phenoxy) is 1. The van der Waals surface area contributed by atoms with E-state index in [1.54, 1.807) is 7.11 Å². The summed E-state index contributed by atoms with van der Waals surface area (Å²) in [7, 11) is 1.74. The molecule has 0 saturated heterocycles. The Morgan fingerprint density at radius 1 is 1.32 bits per heavy atom. The van der Waals surface area contributed by atoms with E-state index in [1.165, 1.54) is 5.56 Å². The van der Waals surface area contributed by atoms with Crippen molar-refractivity contribution >= 4 is 15.9 Å². The van der Waals surface area contributed by atoms with E-state index in [-0.39, 0.29) is 5.41 Å². The van der Waals surface area contributed by atoms with Gasteiger partial charge in [0.15, 0.2) is 0 Å². The zero-order valence-corrected chi connectivity index (χ0v) is 14.3. The van der Waals surface area contributed by atoms with Crippen LogP contribution < -0.4 is 10.1 Å². The molecule has 1 unspecified atom stereocenters. The second kappa shape index (κ2) is 7.30. The summed E-state index contributed by atoms with van der Waals surface area (Å²) >= 11 is 3.56. The molecule has 0 aliphatic heterocycles. The van der Waals surface area contributed by atoms with Gasteiger partial charge in [0.1, 0.15) is 5.75 Å². The largest absolute Gasteiger partial charge is 0.496 e. The van der Waals surface area contributed by atoms with E-state index < -0.39 is 0 Å². The Bertz CT molecular complexity index is 398. The van der Waals surface area contributed by atoms with Gasteiger partial charge in [-0.25, -0.2) is 0 Å². The van der Waals surface area contributed by atoms with Crippen LogP contribution in [-0.4, -0.2) is 13.7 Å². The summed E-state index contributed by atoms with van der Waals surface area (Å²) < 4.78 is 6.61. The molecule has 19 heavy (non-hydrogen) atoms. The van der Waals surface area contributed by atoms with Crippen molar-refractivity contribution in [3.8, 4) is 5.75 Å². The third-order valence-electron chi connectivity index (χ3n) is 3.02. The molecule has 0 amide bonds. The molecule has 0 spiro atoms. The van der Waals surface area contributed by atoms with Crippen molar-refractivity contribution in [3.63, 3.8) is 0 Å². The van der Waals surface area contributed by atoms with Crippen LogP contribution in [0.5, 0.6) is 5.75 Å². The zero-order chi connectivity index (χ0) is 14.5. The Morgan fingerprint density at radius 2 is 2.00 bits per heavy atom. The first-order chi connectivity index (χ1) is 8.87. The maximum Gasteiger partial charge on any atom is 0.123 e. The minimum absolute atomic E-state index is 0.277. The molecule has 0 fully saturated rings. The summed E-state index contributed by atoms with van der Waals surface area (Å²) in [6, 6.07) is 6.55. The highest BCUT2D eigenvalue weighted by Crippen LogP contribution is 2.35. The van der Waals surface area contributed by atoms with Crippen molar-refractivity contribution in [1.29, 1.82) is 0 Å². The molecule has 1 aromatic rings. The number of rotatable bonds is 6. The highest BCUT2D eigenvalue weighted by Gasteiger charge is 2.22. The second-order valence-electron chi connectivity index (χ2n) is 6.16. The molecular weight excluding hydrogens is 302 g/mol. The monoisotopic (exact) mass is 327 g/mol. The quantitative estimate of drug-likeness (QED) is 0.799. The summed E-state index contributed by atoms with van der Waals surface area (Å²) in [4.78, 5) is 0. The predicted molar refractivity (Wildman–Crippen MR) is 85.8 cm³/mol. The predicted octanol–water partition coefficient (Wildman–Crippen LogP) is 4.93. The van der Waals surface area contributed by atoms with Crippen molar-refractivity contribution in [2.75, 3.05) is 13.7 Å². The highest BCUT2D eigenvalue weighted by molar-refractivity contribution is 9.10. The Balaban J connectivity index is 3.04. The number of nitrogens with one attached hydrogen (secondary N) is 1. The molecule has 1 rings (SSSR count). The molecule has 0 heterocycles. The minimum atomic E-state index is 0.277. The number of hydrogen-bond donors (Lipinski definition) is 1. The van der Waals surface area contributed by atoms with E-state index in [0.717, 1.165) is 29.6 Å². The van der Waals surface area contributed by atoms with Crippen LogP contribution in [0.1, 0.15) is 52.1 Å². The van der Waals surface area contributed by atoms with Crippen LogP contribution in [-0.2, 0) is 0 Å². The molecule has 2 nitrogen and oxygen atoms in total. The van der Waals surface area contributed by atoms with Gasteiger partial charge in [0.2, 0.25) is 0 Å². The van der Waals surface area contributed by atoms with E-state index in [4.69, 9.17) is 4.74 Å². The van der Waals surface area contributed by atoms with Gasteiger partial charge in [0.05, 0.1) is 7.11 Å². The van der Waals surface area contributed by atoms with Crippen molar-refractivity contribution in [2.24, 2.45) is 5.41 Å². The molecule has 0 aliphatic rings. The third-order valence-corrected chi connectivity index (χ3v) is 3.52. The lowest BCUT2D eigenvalue weighted by Gasteiger charge is -2.28. The number of methoxy groups -OCH3 is 1. The average molecular weight is 328 g/mol. The van der Waals surface area contributed by atoms with Crippen molar-refractivity contribution < 1.29 is 4.74 Å². The summed E-state index contributed by atoms with van der Waals surface area (Å²) in [6.07, 6.45) is 2.22. The number of halogens is 1. The van der Waals surface area contributed by atoms with Crippen LogP contribution in [0.3, 0.4) is 0 Å². The number of hydrogen-bond acceptors (Lipinski definition) is 2. The van der Waals surface area contributed by atoms with Crippen molar-refractivity contribution in [1.82, 2.24) is 5.32 Å². The number of benzene rings is 1. The second-order valence-corrected chi connectivity index (χ2v) is 7.07. The highest BCUT2D eigenvalue weighted by atomic mass is 79.9. The smallest absolute Gasteiger partial charge is 0.123 e. The third kappa shape index (κ3) is 5.53. The molecular formula is C16H26BrNO. The molecule has 3 heteroatoms. The molecule has 0 bridgehead atoms. The standard InChI is InChI=1S/C16H26BrNO/c1-6-9-18-14(11-16(2,3)4)13-10-12(17)7-8-15(13)19-5/h7-8,10,14,18H,6,9,11H2,1-5H3. The first-order valence-electron chi connectivity index (χ1n) is 6.94. The Morgan fingerprint density at radius 3 is 2.53 bits per heavy atom. The fraction of sp³-hybridized carbons (Fsp3) is 0.625. The summed E-state index contributed by atoms with van der Waals surface area (Å²) in [5.74, 6) is 0.959. The van der Waals surface area contributed by atoms with Crippen LogP contribution in [0.15, 0.2) is 22.7 Å². The topological polar surface area (TPSA) is 21.3 Å². The van der Waals surface area contributed by atoms with Gasteiger partial charge in [0.25, 0.3) is 0 Å². The fourth-order valence-corrected chi connectivity index (χ4v) is 2.58. The van der Waals surface area contributed by atoms with E-state index in [1.807, 2.05) is 12.1 Å². The van der Waals surface area contributed by atoms with Crippen LogP contribution in [0.4, 0.5) is 0 Å². The van der Waals surface area contributed by atoms with Crippen molar-refractivity contribution in [3.05, 3.63) is 28.2 Å². The van der Waals surface area contributed by atoms with E-state index in [0.29, 0.717) is 6.04 Å².